The zero-order valence-electron chi connectivity index (χ0n) is 17.7. The molecular weight excluding hydrogens is 440 g/mol. The SMILES string of the molecule is CC(C)(C)OC(=O)N[C@@H](C[C@@H]1CCNC1=O)C(=O)COc1c(F)c(F)c(CO)c(F)c1F. The maximum absolute atomic E-state index is 14.0. The first-order valence-corrected chi connectivity index (χ1v) is 9.74. The van der Waals surface area contributed by atoms with E-state index in [-0.39, 0.29) is 12.3 Å². The van der Waals surface area contributed by atoms with Gasteiger partial charge >= 0.3 is 6.09 Å². The Morgan fingerprint density at radius 1 is 1.16 bits per heavy atom. The van der Waals surface area contributed by atoms with Gasteiger partial charge in [0, 0.05) is 12.5 Å². The lowest BCUT2D eigenvalue weighted by Gasteiger charge is -2.24. The maximum Gasteiger partial charge on any atom is 0.408 e. The van der Waals surface area contributed by atoms with Crippen LogP contribution in [0.1, 0.15) is 39.2 Å². The summed E-state index contributed by atoms with van der Waals surface area (Å²) < 4.78 is 65.5. The second-order valence-corrected chi connectivity index (χ2v) is 8.19. The predicted octanol–water partition coefficient (Wildman–Crippen LogP) is 2.10. The highest BCUT2D eigenvalue weighted by Crippen LogP contribution is 2.30. The lowest BCUT2D eigenvalue weighted by Crippen LogP contribution is -2.46. The highest BCUT2D eigenvalue weighted by molar-refractivity contribution is 5.90. The molecule has 0 saturated carbocycles. The van der Waals surface area contributed by atoms with Crippen LogP contribution in [0.5, 0.6) is 5.75 Å². The molecule has 1 aromatic rings. The second-order valence-electron chi connectivity index (χ2n) is 8.19. The lowest BCUT2D eigenvalue weighted by atomic mass is 9.96. The topological polar surface area (TPSA) is 114 Å². The Hall–Kier alpha value is -2.89. The molecule has 2 amide bonds. The first-order chi connectivity index (χ1) is 14.9. The van der Waals surface area contributed by atoms with Crippen molar-refractivity contribution in [3.63, 3.8) is 0 Å². The molecule has 12 heteroatoms. The number of halogens is 4. The van der Waals surface area contributed by atoms with E-state index < -0.39 is 77.2 Å². The summed E-state index contributed by atoms with van der Waals surface area (Å²) in [6, 6.07) is -1.34. The fraction of sp³-hybridized carbons (Fsp3) is 0.550. The Morgan fingerprint density at radius 2 is 1.75 bits per heavy atom. The van der Waals surface area contributed by atoms with Gasteiger partial charge in [-0.3, -0.25) is 9.59 Å². The Labute approximate surface area is 181 Å². The van der Waals surface area contributed by atoms with Crippen LogP contribution in [0.2, 0.25) is 0 Å². The number of amides is 2. The van der Waals surface area contributed by atoms with Gasteiger partial charge in [0.15, 0.2) is 23.2 Å². The number of hydrogen-bond acceptors (Lipinski definition) is 6. The molecule has 1 saturated heterocycles. The third-order valence-electron chi connectivity index (χ3n) is 4.59. The summed E-state index contributed by atoms with van der Waals surface area (Å²) in [4.78, 5) is 36.6. The van der Waals surface area contributed by atoms with Crippen LogP contribution in [0.4, 0.5) is 22.4 Å². The third-order valence-corrected chi connectivity index (χ3v) is 4.59. The van der Waals surface area contributed by atoms with Crippen molar-refractivity contribution in [1.82, 2.24) is 10.6 Å². The molecule has 0 aliphatic carbocycles. The number of Topliss-reactive ketones (excluding diaryl/α,β-unsaturated/α-hetero) is 1. The Bertz CT molecular complexity index is 874. The molecule has 1 aliphatic heterocycles. The highest BCUT2D eigenvalue weighted by atomic mass is 19.2. The number of nitrogens with one attached hydrogen (secondary N) is 2. The molecule has 0 bridgehead atoms. The number of carbonyl (C=O) groups is 3. The predicted molar refractivity (Wildman–Crippen MR) is 102 cm³/mol. The van der Waals surface area contributed by atoms with Crippen molar-refractivity contribution in [2.24, 2.45) is 5.92 Å². The molecule has 1 aliphatic rings. The van der Waals surface area contributed by atoms with E-state index in [0.29, 0.717) is 13.0 Å². The molecule has 0 unspecified atom stereocenters. The molecule has 32 heavy (non-hydrogen) atoms. The Balaban J connectivity index is 2.19. The van der Waals surface area contributed by atoms with E-state index >= 15 is 0 Å². The van der Waals surface area contributed by atoms with Crippen LogP contribution in [-0.2, 0) is 20.9 Å². The van der Waals surface area contributed by atoms with Gasteiger partial charge in [-0.25, -0.2) is 13.6 Å². The molecule has 0 spiro atoms. The minimum atomic E-state index is -1.92. The minimum Gasteiger partial charge on any atom is -0.479 e. The number of aliphatic hydroxyl groups is 1. The van der Waals surface area contributed by atoms with E-state index in [4.69, 9.17) is 14.6 Å². The average molecular weight is 464 g/mol. The molecule has 2 rings (SSSR count). The summed E-state index contributed by atoms with van der Waals surface area (Å²) in [6.45, 7) is 2.76. The van der Waals surface area contributed by atoms with Crippen LogP contribution in [0, 0.1) is 29.2 Å². The van der Waals surface area contributed by atoms with Crippen LogP contribution >= 0.6 is 0 Å². The van der Waals surface area contributed by atoms with E-state index in [9.17, 15) is 31.9 Å². The smallest absolute Gasteiger partial charge is 0.408 e. The number of ether oxygens (including phenoxy) is 2. The van der Waals surface area contributed by atoms with E-state index in [1.54, 1.807) is 20.8 Å². The van der Waals surface area contributed by atoms with Crippen molar-refractivity contribution in [3.8, 4) is 5.75 Å². The summed E-state index contributed by atoms with van der Waals surface area (Å²) in [5.41, 5.74) is -2.12. The van der Waals surface area contributed by atoms with Gasteiger partial charge in [0.1, 0.15) is 12.2 Å². The minimum absolute atomic E-state index is 0.148. The Kier molecular flexibility index (Phi) is 8.05. The van der Waals surface area contributed by atoms with Crippen molar-refractivity contribution in [3.05, 3.63) is 28.8 Å². The van der Waals surface area contributed by atoms with Crippen molar-refractivity contribution in [2.75, 3.05) is 13.2 Å². The quantitative estimate of drug-likeness (QED) is 0.401. The van der Waals surface area contributed by atoms with E-state index in [0.717, 1.165) is 0 Å². The average Bonchev–Trinajstić information content (AvgIpc) is 3.09. The summed E-state index contributed by atoms with van der Waals surface area (Å²) in [5, 5.41) is 13.7. The van der Waals surface area contributed by atoms with Gasteiger partial charge in [-0.05, 0) is 33.6 Å². The second kappa shape index (κ2) is 10.2. The first kappa shape index (κ1) is 25.4. The van der Waals surface area contributed by atoms with Gasteiger partial charge in [-0.1, -0.05) is 0 Å². The Morgan fingerprint density at radius 3 is 2.22 bits per heavy atom. The van der Waals surface area contributed by atoms with Gasteiger partial charge in [0.05, 0.1) is 18.2 Å². The largest absolute Gasteiger partial charge is 0.479 e. The van der Waals surface area contributed by atoms with Crippen LogP contribution in [-0.4, -0.2) is 47.7 Å². The van der Waals surface area contributed by atoms with E-state index in [1.807, 2.05) is 0 Å². The molecule has 1 heterocycles. The van der Waals surface area contributed by atoms with E-state index in [1.165, 1.54) is 0 Å². The summed E-state index contributed by atoms with van der Waals surface area (Å²) in [7, 11) is 0. The molecule has 8 nitrogen and oxygen atoms in total. The van der Waals surface area contributed by atoms with Crippen molar-refractivity contribution in [2.45, 2.75) is 51.9 Å². The normalized spacial score (nSPS) is 17.0. The number of benzene rings is 1. The molecule has 1 aromatic carbocycles. The molecule has 2 atom stereocenters. The number of ketones is 1. The number of alkyl carbamates (subject to hydrolysis) is 1. The first-order valence-electron chi connectivity index (χ1n) is 9.74. The standard InChI is InChI=1S/C20H24F4N2O6/c1-20(2,3)32-19(30)26-11(6-9-4-5-25-18(9)29)12(28)8-31-17-15(23)13(21)10(7-27)14(22)16(17)24/h9,11,27H,4-8H2,1-3H3,(H,25,29)(H,26,30)/t9-,11-/m0/s1. The van der Waals surface area contributed by atoms with Crippen molar-refractivity contribution < 1.29 is 46.5 Å². The van der Waals surface area contributed by atoms with Crippen LogP contribution < -0.4 is 15.4 Å². The molecule has 0 radical (unpaired) electrons. The van der Waals surface area contributed by atoms with E-state index in [2.05, 4.69) is 10.6 Å². The van der Waals surface area contributed by atoms with Crippen molar-refractivity contribution >= 4 is 17.8 Å². The summed E-state index contributed by atoms with van der Waals surface area (Å²) >= 11 is 0. The van der Waals surface area contributed by atoms with Crippen LogP contribution in [0.25, 0.3) is 0 Å². The van der Waals surface area contributed by atoms with Gasteiger partial charge in [-0.15, -0.1) is 0 Å². The number of rotatable bonds is 8. The van der Waals surface area contributed by atoms with Crippen molar-refractivity contribution in [1.29, 1.82) is 0 Å². The van der Waals surface area contributed by atoms with Gasteiger partial charge in [-0.2, -0.15) is 8.78 Å². The lowest BCUT2D eigenvalue weighted by molar-refractivity contribution is -0.125. The van der Waals surface area contributed by atoms with Gasteiger partial charge < -0.3 is 25.2 Å². The fourth-order valence-electron chi connectivity index (χ4n) is 3.04. The monoisotopic (exact) mass is 464 g/mol. The molecular formula is C20H24F4N2O6. The number of aliphatic hydroxyl groups excluding tert-OH is 1. The zero-order valence-corrected chi connectivity index (χ0v) is 17.7. The number of carbonyl (C=O) groups excluding carboxylic acids is 3. The number of hydrogen-bond donors (Lipinski definition) is 3. The van der Waals surface area contributed by atoms with Gasteiger partial charge in [0.2, 0.25) is 17.5 Å². The fourth-order valence-corrected chi connectivity index (χ4v) is 3.04. The van der Waals surface area contributed by atoms with Gasteiger partial charge in [0.25, 0.3) is 0 Å². The summed E-state index contributed by atoms with van der Waals surface area (Å²) in [6.07, 6.45) is -0.734. The maximum atomic E-state index is 14.0. The van der Waals surface area contributed by atoms with Crippen LogP contribution in [0.3, 0.4) is 0 Å². The molecule has 1 fully saturated rings. The van der Waals surface area contributed by atoms with Crippen LogP contribution in [0.15, 0.2) is 0 Å². The highest BCUT2D eigenvalue weighted by Gasteiger charge is 2.33. The summed E-state index contributed by atoms with van der Waals surface area (Å²) in [5.74, 6) is -10.9. The molecule has 0 aromatic heterocycles. The third kappa shape index (κ3) is 6.09. The molecule has 178 valence electrons. The zero-order chi connectivity index (χ0) is 24.2. The molecule has 3 N–H and O–H groups in total.